The normalized spacial score (nSPS) is 12.3. The maximum Gasteiger partial charge on any atom is 0.149 e. The summed E-state index contributed by atoms with van der Waals surface area (Å²) in [6, 6.07) is -0.264. The fourth-order valence-corrected chi connectivity index (χ4v) is 4.45. The Morgan fingerprint density at radius 2 is 0.875 bits per heavy atom. The van der Waals surface area contributed by atoms with Gasteiger partial charge in [-0.3, -0.25) is 4.79 Å². The summed E-state index contributed by atoms with van der Waals surface area (Å²) in [6.45, 7) is 1.05. The number of hydrogen-bond acceptors (Lipinski definition) is 4. The molecule has 0 bridgehead atoms. The van der Waals surface area contributed by atoms with Crippen LogP contribution >= 0.6 is 0 Å². The molecule has 0 spiro atoms. The predicted octanol–water partition coefficient (Wildman–Crippen LogP) is 7.20. The van der Waals surface area contributed by atoms with Gasteiger partial charge in [0.15, 0.2) is 0 Å². The van der Waals surface area contributed by atoms with Gasteiger partial charge in [0.1, 0.15) is 5.78 Å². The highest BCUT2D eigenvalue weighted by atomic mass is 16.2. The van der Waals surface area contributed by atoms with Gasteiger partial charge in [-0.1, -0.05) is 122 Å². The van der Waals surface area contributed by atoms with Crippen LogP contribution in [0.2, 0.25) is 0 Å². The lowest BCUT2D eigenvalue weighted by atomic mass is 10.00. The van der Waals surface area contributed by atoms with Gasteiger partial charge in [-0.25, -0.2) is 0 Å². The molecule has 5 N–H and O–H groups in total. The molecule has 0 fully saturated rings. The van der Waals surface area contributed by atoms with E-state index in [2.05, 4.69) is 0 Å². The summed E-state index contributed by atoms with van der Waals surface area (Å²) in [6.07, 6.45) is 29.8. The minimum Gasteiger partial charge on any atom is -0.396 e. The van der Waals surface area contributed by atoms with Crippen molar-refractivity contribution in [1.82, 2.24) is 0 Å². The molecule has 0 aromatic rings. The predicted molar refractivity (Wildman–Crippen MR) is 140 cm³/mol. The summed E-state index contributed by atoms with van der Waals surface area (Å²) in [4.78, 5) is 12.0. The summed E-state index contributed by atoms with van der Waals surface area (Å²) in [7, 11) is 0. The van der Waals surface area contributed by atoms with Gasteiger partial charge in [-0.05, 0) is 32.2 Å². The fourth-order valence-electron chi connectivity index (χ4n) is 4.45. The Balaban J connectivity index is 3.15. The summed E-state index contributed by atoms with van der Waals surface area (Å²) in [5.41, 5.74) is 11.4. The molecule has 0 rings (SSSR count). The first-order valence-electron chi connectivity index (χ1n) is 14.3. The molecular weight excluding hydrogens is 396 g/mol. The lowest BCUT2D eigenvalue weighted by Gasteiger charge is -2.10. The average molecular weight is 455 g/mol. The number of rotatable bonds is 27. The number of ketones is 1. The highest BCUT2D eigenvalue weighted by Crippen LogP contribution is 2.15. The van der Waals surface area contributed by atoms with Crippen molar-refractivity contribution in [3.63, 3.8) is 0 Å². The molecule has 32 heavy (non-hydrogen) atoms. The van der Waals surface area contributed by atoms with Crippen LogP contribution in [0.25, 0.3) is 0 Å². The Morgan fingerprint density at radius 3 is 1.22 bits per heavy atom. The van der Waals surface area contributed by atoms with Crippen LogP contribution in [0.5, 0.6) is 0 Å². The number of hydrogen-bond donors (Lipinski definition) is 3. The van der Waals surface area contributed by atoms with Crippen LogP contribution < -0.4 is 11.5 Å². The Bertz CT molecular complexity index is 376. The number of nitrogens with two attached hydrogens (primary N) is 2. The molecule has 0 aliphatic carbocycles. The number of carbonyl (C=O) groups is 1. The van der Waals surface area contributed by atoms with E-state index in [0.717, 1.165) is 32.1 Å². The van der Waals surface area contributed by atoms with Crippen molar-refractivity contribution in [3.05, 3.63) is 0 Å². The third-order valence-electron chi connectivity index (χ3n) is 6.71. The number of carbonyl (C=O) groups excluding carboxylic acids is 1. The summed E-state index contributed by atoms with van der Waals surface area (Å²) in [5.74, 6) is 0.243. The molecule has 0 aliphatic heterocycles. The maximum atomic E-state index is 12.0. The van der Waals surface area contributed by atoms with E-state index in [9.17, 15) is 4.79 Å². The Kier molecular flexibility index (Phi) is 26.4. The standard InChI is InChI=1S/C28H58N2O2/c29-25-21-20-23-27(30)28(32)24-19-17-15-13-11-9-7-5-3-1-2-4-6-8-10-12-14-16-18-22-26-31/h27,31H,1-26,29-30H2/t27-/m0/s1. The zero-order valence-corrected chi connectivity index (χ0v) is 21.5. The van der Waals surface area contributed by atoms with Crippen LogP contribution in [0.4, 0.5) is 0 Å². The molecule has 0 heterocycles. The molecule has 4 nitrogen and oxygen atoms in total. The first kappa shape index (κ1) is 31.6. The Morgan fingerprint density at radius 1 is 0.531 bits per heavy atom. The van der Waals surface area contributed by atoms with Crippen LogP contribution in [0, 0.1) is 0 Å². The van der Waals surface area contributed by atoms with Crippen molar-refractivity contribution >= 4 is 5.78 Å². The molecule has 0 saturated carbocycles. The third-order valence-corrected chi connectivity index (χ3v) is 6.71. The largest absolute Gasteiger partial charge is 0.396 e. The van der Waals surface area contributed by atoms with E-state index < -0.39 is 0 Å². The first-order valence-corrected chi connectivity index (χ1v) is 14.3. The average Bonchev–Trinajstić information content (AvgIpc) is 2.80. The van der Waals surface area contributed by atoms with Crippen molar-refractivity contribution in [1.29, 1.82) is 0 Å². The van der Waals surface area contributed by atoms with Crippen molar-refractivity contribution in [3.8, 4) is 0 Å². The second-order valence-corrected chi connectivity index (χ2v) is 9.90. The molecule has 0 radical (unpaired) electrons. The van der Waals surface area contributed by atoms with Crippen LogP contribution in [0.1, 0.15) is 154 Å². The zero-order valence-electron chi connectivity index (χ0n) is 21.5. The highest BCUT2D eigenvalue weighted by Gasteiger charge is 2.12. The molecule has 0 saturated heterocycles. The molecule has 192 valence electrons. The van der Waals surface area contributed by atoms with E-state index in [-0.39, 0.29) is 11.8 Å². The maximum absolute atomic E-state index is 12.0. The molecule has 0 amide bonds. The topological polar surface area (TPSA) is 89.3 Å². The van der Waals surface area contributed by atoms with Crippen LogP contribution in [0.15, 0.2) is 0 Å². The fraction of sp³-hybridized carbons (Fsp3) is 0.964. The van der Waals surface area contributed by atoms with Crippen molar-refractivity contribution < 1.29 is 9.90 Å². The zero-order chi connectivity index (χ0) is 23.5. The van der Waals surface area contributed by atoms with Crippen LogP contribution in [-0.2, 0) is 4.79 Å². The van der Waals surface area contributed by atoms with E-state index in [1.54, 1.807) is 0 Å². The van der Waals surface area contributed by atoms with Gasteiger partial charge in [0.25, 0.3) is 0 Å². The quantitative estimate of drug-likeness (QED) is 0.114. The first-order chi connectivity index (χ1) is 15.7. The lowest BCUT2D eigenvalue weighted by Crippen LogP contribution is -2.30. The molecule has 0 aromatic carbocycles. The van der Waals surface area contributed by atoms with Gasteiger partial charge in [-0.15, -0.1) is 0 Å². The minimum atomic E-state index is -0.264. The molecule has 1 atom stereocenters. The van der Waals surface area contributed by atoms with Gasteiger partial charge < -0.3 is 16.6 Å². The van der Waals surface area contributed by atoms with E-state index in [0.29, 0.717) is 19.6 Å². The third kappa shape index (κ3) is 24.2. The van der Waals surface area contributed by atoms with E-state index >= 15 is 0 Å². The number of Topliss-reactive ketones (excluding diaryl/α,β-unsaturated/α-hetero) is 1. The molecule has 4 heteroatoms. The van der Waals surface area contributed by atoms with Gasteiger partial charge in [-0.2, -0.15) is 0 Å². The Hall–Kier alpha value is -0.450. The second-order valence-electron chi connectivity index (χ2n) is 9.90. The van der Waals surface area contributed by atoms with E-state index in [1.165, 1.54) is 116 Å². The van der Waals surface area contributed by atoms with Crippen molar-refractivity contribution in [2.75, 3.05) is 13.2 Å². The monoisotopic (exact) mass is 454 g/mol. The highest BCUT2D eigenvalue weighted by molar-refractivity contribution is 5.83. The van der Waals surface area contributed by atoms with Crippen molar-refractivity contribution in [2.45, 2.75) is 160 Å². The summed E-state index contributed by atoms with van der Waals surface area (Å²) < 4.78 is 0. The lowest BCUT2D eigenvalue weighted by molar-refractivity contribution is -0.120. The van der Waals surface area contributed by atoms with E-state index in [4.69, 9.17) is 16.6 Å². The number of unbranched alkanes of at least 4 members (excludes halogenated alkanes) is 20. The smallest absolute Gasteiger partial charge is 0.149 e. The second kappa shape index (κ2) is 26.8. The molecule has 0 unspecified atom stereocenters. The molecule has 0 aliphatic rings. The number of aliphatic hydroxyl groups excluding tert-OH is 1. The van der Waals surface area contributed by atoms with Crippen molar-refractivity contribution in [2.24, 2.45) is 11.5 Å². The Labute approximate surface area is 200 Å². The van der Waals surface area contributed by atoms with Crippen LogP contribution in [-0.4, -0.2) is 30.1 Å². The summed E-state index contributed by atoms with van der Waals surface area (Å²) in [5, 5.41) is 8.75. The van der Waals surface area contributed by atoms with Gasteiger partial charge in [0, 0.05) is 13.0 Å². The number of aliphatic hydroxyl groups is 1. The van der Waals surface area contributed by atoms with E-state index in [1.807, 2.05) is 0 Å². The summed E-state index contributed by atoms with van der Waals surface area (Å²) >= 11 is 0. The van der Waals surface area contributed by atoms with Gasteiger partial charge in [0.2, 0.25) is 0 Å². The van der Waals surface area contributed by atoms with Gasteiger partial charge in [0.05, 0.1) is 6.04 Å². The minimum absolute atomic E-state index is 0.243. The van der Waals surface area contributed by atoms with Gasteiger partial charge >= 0.3 is 0 Å². The molecule has 0 aromatic heterocycles. The van der Waals surface area contributed by atoms with Crippen LogP contribution in [0.3, 0.4) is 0 Å². The SMILES string of the molecule is NCCCC[C@H](N)C(=O)CCCCCCCCCCCCCCCCCCCCCCO. The molecular formula is C28H58N2O2.